The lowest BCUT2D eigenvalue weighted by Gasteiger charge is -2.17. The Morgan fingerprint density at radius 2 is 2.17 bits per heavy atom. The predicted molar refractivity (Wildman–Crippen MR) is 63.8 cm³/mol. The highest BCUT2D eigenvalue weighted by molar-refractivity contribution is 6.32. The monoisotopic (exact) mass is 278 g/mol. The molecule has 1 aliphatic rings. The fraction of sp³-hybridized carbons (Fsp3) is 0.600. The van der Waals surface area contributed by atoms with Gasteiger partial charge in [0.15, 0.2) is 17.1 Å². The minimum Gasteiger partial charge on any atom is -0.396 e. The van der Waals surface area contributed by atoms with Crippen LogP contribution in [0, 0.1) is 5.92 Å². The van der Waals surface area contributed by atoms with E-state index in [1.54, 1.807) is 0 Å². The van der Waals surface area contributed by atoms with Crippen LogP contribution < -0.4 is 11.1 Å². The minimum atomic E-state index is -1.71. The van der Waals surface area contributed by atoms with Gasteiger partial charge in [0.25, 0.3) is 0 Å². The van der Waals surface area contributed by atoms with E-state index in [1.807, 2.05) is 0 Å². The number of aliphatic hydroxyl groups excluding tert-OH is 1. The Kier molecular flexibility index (Phi) is 3.82. The maximum absolute atomic E-state index is 13.7. The molecule has 1 aromatic rings. The van der Waals surface area contributed by atoms with E-state index >= 15 is 0 Å². The van der Waals surface area contributed by atoms with Crippen molar-refractivity contribution in [3.63, 3.8) is 0 Å². The fourth-order valence-electron chi connectivity index (χ4n) is 2.05. The number of hydrogen-bond acceptors (Lipinski definition) is 5. The van der Waals surface area contributed by atoms with Gasteiger partial charge in [-0.1, -0.05) is 11.6 Å². The fourth-order valence-corrected chi connectivity index (χ4v) is 2.18. The van der Waals surface area contributed by atoms with Gasteiger partial charge < -0.3 is 16.2 Å². The first-order valence-electron chi connectivity index (χ1n) is 5.46. The van der Waals surface area contributed by atoms with Crippen LogP contribution in [0.1, 0.15) is 6.42 Å². The van der Waals surface area contributed by atoms with Gasteiger partial charge in [-0.25, -0.2) is 18.7 Å². The molecule has 0 aromatic carbocycles. The summed E-state index contributed by atoms with van der Waals surface area (Å²) in [6, 6.07) is -0.787. The number of aliphatic hydroxyl groups is 1. The molecule has 4 atom stereocenters. The number of nitrogens with two attached hydrogens (primary N) is 1. The lowest BCUT2D eigenvalue weighted by atomic mass is 10.1. The van der Waals surface area contributed by atoms with E-state index in [4.69, 9.17) is 22.4 Å². The number of alkyl halides is 2. The van der Waals surface area contributed by atoms with Crippen LogP contribution in [0.15, 0.2) is 6.33 Å². The third kappa shape index (κ3) is 2.32. The molecule has 1 aromatic heterocycles. The van der Waals surface area contributed by atoms with Gasteiger partial charge in [0.2, 0.25) is 0 Å². The van der Waals surface area contributed by atoms with Gasteiger partial charge in [-0.15, -0.1) is 0 Å². The minimum absolute atomic E-state index is 0.0522. The molecule has 0 bridgehead atoms. The van der Waals surface area contributed by atoms with E-state index in [-0.39, 0.29) is 29.7 Å². The highest BCUT2D eigenvalue weighted by Gasteiger charge is 2.44. The van der Waals surface area contributed by atoms with Crippen LogP contribution in [0.2, 0.25) is 5.15 Å². The zero-order valence-electron chi connectivity index (χ0n) is 9.35. The summed E-state index contributed by atoms with van der Waals surface area (Å²) in [6.45, 7) is -0.389. The number of halogens is 3. The van der Waals surface area contributed by atoms with Gasteiger partial charge in [-0.05, 0) is 6.42 Å². The van der Waals surface area contributed by atoms with E-state index in [9.17, 15) is 8.78 Å². The summed E-state index contributed by atoms with van der Waals surface area (Å²) in [7, 11) is 0. The molecule has 0 aliphatic heterocycles. The zero-order chi connectivity index (χ0) is 13.3. The molecular weight excluding hydrogens is 266 g/mol. The number of rotatable bonds is 3. The molecule has 0 unspecified atom stereocenters. The van der Waals surface area contributed by atoms with Crippen molar-refractivity contribution >= 4 is 23.1 Å². The molecule has 1 saturated carbocycles. The van der Waals surface area contributed by atoms with Crippen molar-refractivity contribution in [2.75, 3.05) is 17.7 Å². The van der Waals surface area contributed by atoms with E-state index in [0.717, 1.165) is 0 Å². The van der Waals surface area contributed by atoms with Crippen molar-refractivity contribution in [1.29, 1.82) is 0 Å². The largest absolute Gasteiger partial charge is 0.396 e. The number of nitrogens with one attached hydrogen (secondary N) is 1. The van der Waals surface area contributed by atoms with Crippen LogP contribution in [0.5, 0.6) is 0 Å². The summed E-state index contributed by atoms with van der Waals surface area (Å²) in [5.74, 6) is -0.538. The summed E-state index contributed by atoms with van der Waals surface area (Å²) >= 11 is 5.70. The molecule has 8 heteroatoms. The number of aromatic nitrogens is 2. The van der Waals surface area contributed by atoms with Crippen LogP contribution in [0.25, 0.3) is 0 Å². The summed E-state index contributed by atoms with van der Waals surface area (Å²) in [6.07, 6.45) is -2.05. The Labute approximate surface area is 107 Å². The van der Waals surface area contributed by atoms with Crippen LogP contribution in [0.3, 0.4) is 0 Å². The van der Waals surface area contributed by atoms with E-state index in [2.05, 4.69) is 15.3 Å². The quantitative estimate of drug-likeness (QED) is 0.723. The molecule has 1 fully saturated rings. The highest BCUT2D eigenvalue weighted by Crippen LogP contribution is 2.34. The number of hydrogen-bond donors (Lipinski definition) is 3. The average molecular weight is 279 g/mol. The number of nitrogens with zero attached hydrogens (tertiary/aromatic N) is 2. The SMILES string of the molecule is Nc1c(Cl)ncnc1N[C@@H]1C[C@H](CO)[C@@H](F)[C@H]1F. The molecule has 2 rings (SSSR count). The first-order chi connectivity index (χ1) is 8.54. The van der Waals surface area contributed by atoms with E-state index in [0.29, 0.717) is 0 Å². The average Bonchev–Trinajstić information content (AvgIpc) is 2.63. The van der Waals surface area contributed by atoms with Crippen LogP contribution >= 0.6 is 11.6 Å². The molecule has 5 nitrogen and oxygen atoms in total. The van der Waals surface area contributed by atoms with Crippen LogP contribution in [0.4, 0.5) is 20.3 Å². The first kappa shape index (κ1) is 13.2. The molecule has 1 heterocycles. The Morgan fingerprint density at radius 1 is 1.44 bits per heavy atom. The van der Waals surface area contributed by atoms with Crippen LogP contribution in [-0.4, -0.2) is 40.1 Å². The van der Waals surface area contributed by atoms with Gasteiger partial charge in [0, 0.05) is 12.5 Å². The third-order valence-corrected chi connectivity index (χ3v) is 3.39. The van der Waals surface area contributed by atoms with Gasteiger partial charge in [0.05, 0.1) is 6.04 Å². The standard InChI is InChI=1S/C10H13ClF2N4O/c11-9-8(14)10(16-3-15-9)17-5-1-4(2-18)6(12)7(5)13/h3-7,18H,1-2,14H2,(H,15,16,17)/t4-,5-,6-,7+/m1/s1. The molecule has 100 valence electrons. The van der Waals surface area contributed by atoms with E-state index < -0.39 is 24.3 Å². The van der Waals surface area contributed by atoms with Crippen molar-refractivity contribution in [2.45, 2.75) is 24.8 Å². The Morgan fingerprint density at radius 3 is 2.78 bits per heavy atom. The summed E-state index contributed by atoms with van der Waals surface area (Å²) in [4.78, 5) is 7.49. The second kappa shape index (κ2) is 5.19. The molecule has 0 amide bonds. The second-order valence-electron chi connectivity index (χ2n) is 4.24. The smallest absolute Gasteiger partial charge is 0.157 e. The van der Waals surface area contributed by atoms with Gasteiger partial charge in [-0.3, -0.25) is 0 Å². The molecule has 1 aliphatic carbocycles. The summed E-state index contributed by atoms with van der Waals surface area (Å²) in [5.41, 5.74) is 5.71. The lowest BCUT2D eigenvalue weighted by Crippen LogP contribution is -2.30. The zero-order valence-corrected chi connectivity index (χ0v) is 10.1. The van der Waals surface area contributed by atoms with Crippen molar-refractivity contribution in [3.05, 3.63) is 11.5 Å². The normalized spacial score (nSPS) is 31.6. The summed E-state index contributed by atoms with van der Waals surface area (Å²) < 4.78 is 27.1. The van der Waals surface area contributed by atoms with Gasteiger partial charge in [-0.2, -0.15) is 0 Å². The predicted octanol–water partition coefficient (Wildman–Crippen LogP) is 1.18. The maximum atomic E-state index is 13.7. The van der Waals surface area contributed by atoms with E-state index in [1.165, 1.54) is 6.33 Å². The molecule has 4 N–H and O–H groups in total. The molecule has 0 saturated heterocycles. The van der Waals surface area contributed by atoms with Crippen molar-refractivity contribution in [3.8, 4) is 0 Å². The lowest BCUT2D eigenvalue weighted by molar-refractivity contribution is 0.118. The number of nitrogen functional groups attached to an aromatic ring is 1. The maximum Gasteiger partial charge on any atom is 0.157 e. The third-order valence-electron chi connectivity index (χ3n) is 3.09. The Hall–Kier alpha value is -1.21. The van der Waals surface area contributed by atoms with Crippen molar-refractivity contribution in [2.24, 2.45) is 5.92 Å². The van der Waals surface area contributed by atoms with Gasteiger partial charge >= 0.3 is 0 Å². The van der Waals surface area contributed by atoms with Crippen molar-refractivity contribution in [1.82, 2.24) is 9.97 Å². The molecule has 18 heavy (non-hydrogen) atoms. The summed E-state index contributed by atoms with van der Waals surface area (Å²) in [5, 5.41) is 11.7. The Balaban J connectivity index is 2.13. The van der Waals surface area contributed by atoms with Crippen LogP contribution in [-0.2, 0) is 0 Å². The topological polar surface area (TPSA) is 84.1 Å². The van der Waals surface area contributed by atoms with Crippen molar-refractivity contribution < 1.29 is 13.9 Å². The highest BCUT2D eigenvalue weighted by atomic mass is 35.5. The first-order valence-corrected chi connectivity index (χ1v) is 5.84. The molecular formula is C10H13ClF2N4O. The Bertz CT molecular complexity index is 436. The number of anilines is 2. The molecule has 0 spiro atoms. The van der Waals surface area contributed by atoms with Gasteiger partial charge in [0.1, 0.15) is 18.2 Å². The molecule has 0 radical (unpaired) electrons. The second-order valence-corrected chi connectivity index (χ2v) is 4.60.